The molecule has 1 atom stereocenters. The van der Waals surface area contributed by atoms with Crippen LogP contribution in [-0.4, -0.2) is 41.6 Å². The molecule has 0 saturated carbocycles. The Morgan fingerprint density at radius 1 is 1.16 bits per heavy atom. The normalized spacial score (nSPS) is 12.0. The van der Waals surface area contributed by atoms with Crippen LogP contribution in [0.2, 0.25) is 5.15 Å². The number of alkyl carbamates (subject to hydrolysis) is 1. The van der Waals surface area contributed by atoms with E-state index < -0.39 is 12.1 Å². The number of hydrogen-bond acceptors (Lipinski definition) is 6. The number of amides is 2. The number of pyridine rings is 1. The van der Waals surface area contributed by atoms with Crippen molar-refractivity contribution in [3.8, 4) is 0 Å². The van der Waals surface area contributed by atoms with E-state index >= 15 is 0 Å². The number of ether oxygens (including phenoxy) is 1. The van der Waals surface area contributed by atoms with E-state index in [0.29, 0.717) is 29.7 Å². The van der Waals surface area contributed by atoms with Crippen LogP contribution < -0.4 is 10.7 Å². The highest BCUT2D eigenvalue weighted by molar-refractivity contribution is 6.29. The zero-order valence-corrected chi connectivity index (χ0v) is 23.0. The van der Waals surface area contributed by atoms with Gasteiger partial charge in [0.25, 0.3) is 0 Å². The van der Waals surface area contributed by atoms with E-state index in [0.717, 1.165) is 5.56 Å². The maximum atomic E-state index is 13.7. The fourth-order valence-corrected chi connectivity index (χ4v) is 4.34. The number of carbonyl (C=O) groups is 2. The second-order valence-corrected chi connectivity index (χ2v) is 10.1. The molecule has 3 aromatic rings. The molecule has 8 nitrogen and oxygen atoms in total. The molecule has 1 N–H and O–H groups in total. The molecular weight excluding hydrogens is 506 g/mol. The van der Waals surface area contributed by atoms with E-state index in [4.69, 9.17) is 20.8 Å². The fourth-order valence-electron chi connectivity index (χ4n) is 4.20. The van der Waals surface area contributed by atoms with Crippen molar-refractivity contribution in [1.82, 2.24) is 15.2 Å². The Hall–Kier alpha value is -3.65. The lowest BCUT2D eigenvalue weighted by molar-refractivity contribution is -0.130. The first-order chi connectivity index (χ1) is 18.1. The van der Waals surface area contributed by atoms with Gasteiger partial charge in [-0.2, -0.15) is 0 Å². The summed E-state index contributed by atoms with van der Waals surface area (Å²) in [5.74, 6) is 0.0218. The number of hydrogen-bond donors (Lipinski definition) is 1. The number of fused-ring (bicyclic) bond motifs is 1. The maximum absolute atomic E-state index is 13.7. The van der Waals surface area contributed by atoms with Gasteiger partial charge >= 0.3 is 6.09 Å². The van der Waals surface area contributed by atoms with Gasteiger partial charge in [0.2, 0.25) is 11.6 Å². The van der Waals surface area contributed by atoms with Crippen molar-refractivity contribution in [2.24, 2.45) is 11.8 Å². The fraction of sp³-hybridized carbons (Fsp3) is 0.379. The van der Waals surface area contributed by atoms with E-state index in [1.54, 1.807) is 12.1 Å². The Bertz CT molecular complexity index is 1340. The smallest absolute Gasteiger partial charge is 0.407 e. The van der Waals surface area contributed by atoms with Crippen molar-refractivity contribution in [2.45, 2.75) is 40.2 Å². The summed E-state index contributed by atoms with van der Waals surface area (Å²) in [7, 11) is 0. The SMILES string of the molecule is C=CC(=O)N(CCOC(=O)NCC(C)C)C(c1oc2nc(Cl)ccc2c(=O)c1Cc1ccccc1)C(C)C. The topological polar surface area (TPSA) is 102 Å². The molecular formula is C29H34ClN3O5. The van der Waals surface area contributed by atoms with E-state index in [1.165, 1.54) is 11.0 Å². The third-order valence-corrected chi connectivity index (χ3v) is 6.20. The Labute approximate surface area is 227 Å². The highest BCUT2D eigenvalue weighted by Gasteiger charge is 2.33. The highest BCUT2D eigenvalue weighted by atomic mass is 35.5. The van der Waals surface area contributed by atoms with Crippen LogP contribution in [0.1, 0.15) is 50.6 Å². The Morgan fingerprint density at radius 2 is 1.87 bits per heavy atom. The standard InChI is InChI=1S/C29H34ClN3O5/c1-6-24(34)33(14-15-37-29(36)31-17-18(2)3)25(19(4)5)27-22(16-20-10-8-7-9-11-20)26(35)21-12-13-23(30)32-28(21)38-27/h6-13,18-19,25H,1,14-17H2,2-5H3,(H,31,36). The number of carbonyl (C=O) groups excluding carboxylic acids is 2. The molecule has 0 bridgehead atoms. The Morgan fingerprint density at radius 3 is 2.50 bits per heavy atom. The van der Waals surface area contributed by atoms with Gasteiger partial charge in [0, 0.05) is 18.5 Å². The average molecular weight is 540 g/mol. The summed E-state index contributed by atoms with van der Waals surface area (Å²) in [6, 6.07) is 12.0. The van der Waals surface area contributed by atoms with Gasteiger partial charge in [0.15, 0.2) is 5.43 Å². The molecule has 9 heteroatoms. The average Bonchev–Trinajstić information content (AvgIpc) is 2.88. The predicted octanol–water partition coefficient (Wildman–Crippen LogP) is 5.53. The van der Waals surface area contributed by atoms with Gasteiger partial charge in [-0.1, -0.05) is 76.2 Å². The molecule has 0 aliphatic carbocycles. The number of nitrogens with zero attached hydrogens (tertiary/aromatic N) is 2. The molecule has 1 unspecified atom stereocenters. The van der Waals surface area contributed by atoms with Gasteiger partial charge in [0.1, 0.15) is 17.5 Å². The minimum absolute atomic E-state index is 0.0529. The van der Waals surface area contributed by atoms with Gasteiger partial charge in [-0.3, -0.25) is 9.59 Å². The van der Waals surface area contributed by atoms with Crippen LogP contribution in [-0.2, 0) is 16.0 Å². The number of halogens is 1. The predicted molar refractivity (Wildman–Crippen MR) is 148 cm³/mol. The summed E-state index contributed by atoms with van der Waals surface area (Å²) in [5, 5.41) is 3.17. The number of benzene rings is 1. The monoisotopic (exact) mass is 539 g/mol. The van der Waals surface area contributed by atoms with Crippen molar-refractivity contribution in [2.75, 3.05) is 19.7 Å². The Kier molecular flexibility index (Phi) is 10.1. The molecule has 0 saturated heterocycles. The number of rotatable bonds is 11. The lowest BCUT2D eigenvalue weighted by Crippen LogP contribution is -2.40. The highest BCUT2D eigenvalue weighted by Crippen LogP contribution is 2.33. The van der Waals surface area contributed by atoms with Crippen LogP contribution in [0.4, 0.5) is 4.79 Å². The van der Waals surface area contributed by atoms with E-state index in [-0.39, 0.29) is 47.2 Å². The van der Waals surface area contributed by atoms with E-state index in [2.05, 4.69) is 16.9 Å². The number of aromatic nitrogens is 1. The van der Waals surface area contributed by atoms with Crippen LogP contribution in [0.5, 0.6) is 0 Å². The van der Waals surface area contributed by atoms with Gasteiger partial charge in [-0.25, -0.2) is 9.78 Å². The maximum Gasteiger partial charge on any atom is 0.407 e. The second-order valence-electron chi connectivity index (χ2n) is 9.76. The van der Waals surface area contributed by atoms with Crippen LogP contribution >= 0.6 is 11.6 Å². The summed E-state index contributed by atoms with van der Waals surface area (Å²) in [6.45, 7) is 11.9. The van der Waals surface area contributed by atoms with E-state index in [1.807, 2.05) is 58.0 Å². The van der Waals surface area contributed by atoms with Crippen LogP contribution in [0.3, 0.4) is 0 Å². The van der Waals surface area contributed by atoms with Gasteiger partial charge in [-0.15, -0.1) is 0 Å². The molecule has 2 aromatic heterocycles. The molecule has 0 spiro atoms. The minimum atomic E-state index is -0.667. The van der Waals surface area contributed by atoms with Gasteiger partial charge in [-0.05, 0) is 35.6 Å². The summed E-state index contributed by atoms with van der Waals surface area (Å²) in [5.41, 5.74) is 1.19. The molecule has 2 amide bonds. The largest absolute Gasteiger partial charge is 0.448 e. The first kappa shape index (κ1) is 28.9. The zero-order chi connectivity index (χ0) is 27.8. The molecule has 1 aromatic carbocycles. The van der Waals surface area contributed by atoms with Crippen molar-refractivity contribution >= 4 is 34.7 Å². The van der Waals surface area contributed by atoms with E-state index in [9.17, 15) is 14.4 Å². The Balaban J connectivity index is 2.07. The summed E-state index contributed by atoms with van der Waals surface area (Å²) in [4.78, 5) is 44.7. The van der Waals surface area contributed by atoms with Crippen molar-refractivity contribution in [3.63, 3.8) is 0 Å². The zero-order valence-electron chi connectivity index (χ0n) is 22.2. The molecule has 0 fully saturated rings. The molecule has 202 valence electrons. The molecule has 0 aliphatic heterocycles. The molecule has 0 aliphatic rings. The lowest BCUT2D eigenvalue weighted by atomic mass is 9.92. The number of nitrogens with one attached hydrogen (secondary N) is 1. The van der Waals surface area contributed by atoms with Gasteiger partial charge in [0.05, 0.1) is 18.0 Å². The van der Waals surface area contributed by atoms with Gasteiger partial charge < -0.3 is 19.4 Å². The second kappa shape index (κ2) is 13.2. The summed E-state index contributed by atoms with van der Waals surface area (Å²) in [6.07, 6.45) is 0.927. The summed E-state index contributed by atoms with van der Waals surface area (Å²) >= 11 is 6.11. The van der Waals surface area contributed by atoms with Crippen molar-refractivity contribution < 1.29 is 18.7 Å². The first-order valence-corrected chi connectivity index (χ1v) is 13.0. The molecule has 3 rings (SSSR count). The quantitative estimate of drug-likeness (QED) is 0.254. The summed E-state index contributed by atoms with van der Waals surface area (Å²) < 4.78 is 11.6. The minimum Gasteiger partial charge on any atom is -0.448 e. The first-order valence-electron chi connectivity index (χ1n) is 12.6. The lowest BCUT2D eigenvalue weighted by Gasteiger charge is -2.34. The van der Waals surface area contributed by atoms with Crippen LogP contribution in [0.25, 0.3) is 11.1 Å². The van der Waals surface area contributed by atoms with Crippen LogP contribution in [0.15, 0.2) is 64.3 Å². The third kappa shape index (κ3) is 7.22. The van der Waals surface area contributed by atoms with Crippen LogP contribution in [0, 0.1) is 11.8 Å². The van der Waals surface area contributed by atoms with Crippen molar-refractivity contribution in [3.05, 3.63) is 87.4 Å². The third-order valence-electron chi connectivity index (χ3n) is 5.99. The molecule has 38 heavy (non-hydrogen) atoms. The van der Waals surface area contributed by atoms with Crippen molar-refractivity contribution in [1.29, 1.82) is 0 Å². The molecule has 2 heterocycles. The molecule has 0 radical (unpaired) electrons.